The van der Waals surface area contributed by atoms with Crippen LogP contribution >= 0.6 is 0 Å². The Hall–Kier alpha value is -3.03. The van der Waals surface area contributed by atoms with Gasteiger partial charge in [0.05, 0.1) is 0 Å². The molecule has 4 heterocycles. The number of amides is 1. The van der Waals surface area contributed by atoms with E-state index in [1.54, 1.807) is 4.90 Å². The molecular weight excluding hydrogens is 416 g/mol. The van der Waals surface area contributed by atoms with E-state index in [2.05, 4.69) is 47.1 Å². The molecule has 172 valence electrons. The van der Waals surface area contributed by atoms with Gasteiger partial charge in [0, 0.05) is 47.2 Å². The molecule has 33 heavy (non-hydrogen) atoms. The van der Waals surface area contributed by atoms with Gasteiger partial charge in [-0.05, 0) is 37.3 Å². The number of quaternary nitrogens is 2. The lowest BCUT2D eigenvalue weighted by Gasteiger charge is -2.32. The van der Waals surface area contributed by atoms with Crippen molar-refractivity contribution in [3.05, 3.63) is 58.8 Å². The topological polar surface area (TPSA) is 63.4 Å². The van der Waals surface area contributed by atoms with Gasteiger partial charge < -0.3 is 29.2 Å². The number of aryl methyl sites for hydroxylation is 1. The third-order valence-corrected chi connectivity index (χ3v) is 7.44. The van der Waals surface area contributed by atoms with Crippen LogP contribution in [0.15, 0.2) is 36.4 Å². The standard InChI is InChI=1S/C26H30N4O3/c1-18-2-4-22-20(12-18)21-15-30(7-6-23(21)27-22)26(31)16-29-10-8-28(9-11-29)14-19-3-5-24-25(13-19)33-17-32-24/h2-5,12-13,27H,6-11,14-17H2,1H3/p+2. The van der Waals surface area contributed by atoms with Crippen molar-refractivity contribution in [1.29, 1.82) is 0 Å². The van der Waals surface area contributed by atoms with E-state index in [1.807, 2.05) is 6.07 Å². The zero-order chi connectivity index (χ0) is 22.4. The van der Waals surface area contributed by atoms with E-state index in [-0.39, 0.29) is 5.91 Å². The fourth-order valence-corrected chi connectivity index (χ4v) is 5.52. The predicted octanol–water partition coefficient (Wildman–Crippen LogP) is 0.0733. The summed E-state index contributed by atoms with van der Waals surface area (Å²) >= 11 is 0. The number of hydrogen-bond acceptors (Lipinski definition) is 3. The number of nitrogens with one attached hydrogen (secondary N) is 3. The molecular formula is C26H32N4O3+2. The zero-order valence-corrected chi connectivity index (χ0v) is 19.2. The van der Waals surface area contributed by atoms with Crippen molar-refractivity contribution in [2.24, 2.45) is 0 Å². The molecule has 1 fully saturated rings. The van der Waals surface area contributed by atoms with Gasteiger partial charge in [-0.15, -0.1) is 0 Å². The van der Waals surface area contributed by atoms with Gasteiger partial charge in [0.15, 0.2) is 18.0 Å². The maximum atomic E-state index is 13.1. The van der Waals surface area contributed by atoms with Crippen LogP contribution in [0.2, 0.25) is 0 Å². The Balaban J connectivity index is 1.03. The number of ether oxygens (including phenoxy) is 2. The molecule has 0 bridgehead atoms. The summed E-state index contributed by atoms with van der Waals surface area (Å²) in [6.07, 6.45) is 0.914. The smallest absolute Gasteiger partial charge is 0.278 e. The highest BCUT2D eigenvalue weighted by Gasteiger charge is 2.30. The third-order valence-electron chi connectivity index (χ3n) is 7.44. The Morgan fingerprint density at radius 3 is 2.73 bits per heavy atom. The van der Waals surface area contributed by atoms with Crippen LogP contribution in [0.4, 0.5) is 0 Å². The van der Waals surface area contributed by atoms with Crippen LogP contribution in [0.1, 0.15) is 22.4 Å². The Labute approximate surface area is 193 Å². The zero-order valence-electron chi connectivity index (χ0n) is 19.2. The number of fused-ring (bicyclic) bond motifs is 4. The van der Waals surface area contributed by atoms with Crippen LogP contribution in [0.5, 0.6) is 11.5 Å². The fraction of sp³-hybridized carbons (Fsp3) is 0.423. The summed E-state index contributed by atoms with van der Waals surface area (Å²) < 4.78 is 10.9. The van der Waals surface area contributed by atoms with Crippen molar-refractivity contribution in [2.75, 3.05) is 46.1 Å². The van der Waals surface area contributed by atoms with Crippen molar-refractivity contribution >= 4 is 16.8 Å². The Morgan fingerprint density at radius 2 is 1.85 bits per heavy atom. The van der Waals surface area contributed by atoms with Crippen LogP contribution in [0.3, 0.4) is 0 Å². The molecule has 7 nitrogen and oxygen atoms in total. The highest BCUT2D eigenvalue weighted by atomic mass is 16.7. The number of aromatic nitrogens is 1. The Morgan fingerprint density at radius 1 is 1.03 bits per heavy atom. The molecule has 1 amide bonds. The minimum absolute atomic E-state index is 0.289. The molecule has 0 radical (unpaired) electrons. The molecule has 2 aromatic carbocycles. The number of piperazine rings is 1. The summed E-state index contributed by atoms with van der Waals surface area (Å²) in [6, 6.07) is 12.8. The van der Waals surface area contributed by atoms with E-state index < -0.39 is 0 Å². The second-order valence-corrected chi connectivity index (χ2v) is 9.74. The highest BCUT2D eigenvalue weighted by molar-refractivity contribution is 5.86. The summed E-state index contributed by atoms with van der Waals surface area (Å²) in [7, 11) is 0. The van der Waals surface area contributed by atoms with Crippen LogP contribution in [0.25, 0.3) is 10.9 Å². The Bertz CT molecular complexity index is 1200. The largest absolute Gasteiger partial charge is 0.454 e. The van der Waals surface area contributed by atoms with Crippen LogP contribution in [0, 0.1) is 6.92 Å². The van der Waals surface area contributed by atoms with Gasteiger partial charge in [0.1, 0.15) is 32.7 Å². The maximum Gasteiger partial charge on any atom is 0.278 e. The minimum atomic E-state index is 0.289. The van der Waals surface area contributed by atoms with Gasteiger partial charge in [-0.3, -0.25) is 4.79 Å². The maximum absolute atomic E-state index is 13.1. The molecule has 0 aliphatic carbocycles. The monoisotopic (exact) mass is 448 g/mol. The summed E-state index contributed by atoms with van der Waals surface area (Å²) in [5.74, 6) is 1.99. The summed E-state index contributed by atoms with van der Waals surface area (Å²) in [5, 5.41) is 1.27. The first-order chi connectivity index (χ1) is 16.1. The first-order valence-corrected chi connectivity index (χ1v) is 12.1. The molecule has 6 rings (SSSR count). The SMILES string of the molecule is Cc1ccc2[nH]c3c(c2c1)CN(C(=O)C[NH+]1CC[NH+](Cc2ccc4c(c2)OCO4)CC1)CC3. The quantitative estimate of drug-likeness (QED) is 0.530. The van der Waals surface area contributed by atoms with Gasteiger partial charge in [-0.2, -0.15) is 0 Å². The number of hydrogen-bond donors (Lipinski definition) is 3. The molecule has 3 N–H and O–H groups in total. The van der Waals surface area contributed by atoms with Gasteiger partial charge in [0.2, 0.25) is 6.79 Å². The lowest BCUT2D eigenvalue weighted by Crippen LogP contribution is -3.28. The number of H-pyrrole nitrogens is 1. The number of benzene rings is 2. The van der Waals surface area contributed by atoms with Crippen molar-refractivity contribution in [3.63, 3.8) is 0 Å². The molecule has 7 heteroatoms. The molecule has 3 aromatic rings. The van der Waals surface area contributed by atoms with Crippen molar-refractivity contribution in [1.82, 2.24) is 9.88 Å². The number of carbonyl (C=O) groups excluding carboxylic acids is 1. The average molecular weight is 449 g/mol. The second-order valence-electron chi connectivity index (χ2n) is 9.74. The molecule has 0 unspecified atom stereocenters. The average Bonchev–Trinajstić information content (AvgIpc) is 3.44. The molecule has 0 spiro atoms. The van der Waals surface area contributed by atoms with Crippen molar-refractivity contribution in [3.8, 4) is 11.5 Å². The Kier molecular flexibility index (Phi) is 5.23. The fourth-order valence-electron chi connectivity index (χ4n) is 5.52. The highest BCUT2D eigenvalue weighted by Crippen LogP contribution is 2.32. The molecule has 0 saturated carbocycles. The third kappa shape index (κ3) is 4.07. The lowest BCUT2D eigenvalue weighted by atomic mass is 10.0. The molecule has 3 aliphatic rings. The predicted molar refractivity (Wildman–Crippen MR) is 125 cm³/mol. The number of rotatable bonds is 4. The summed E-state index contributed by atoms with van der Waals surface area (Å²) in [4.78, 5) is 21.8. The normalized spacial score (nSPS) is 21.9. The minimum Gasteiger partial charge on any atom is -0.454 e. The first-order valence-electron chi connectivity index (χ1n) is 12.1. The summed E-state index contributed by atoms with van der Waals surface area (Å²) in [6.45, 7) is 9.83. The van der Waals surface area contributed by atoms with E-state index in [4.69, 9.17) is 9.47 Å². The van der Waals surface area contributed by atoms with Gasteiger partial charge in [-0.25, -0.2) is 0 Å². The molecule has 1 aromatic heterocycles. The van der Waals surface area contributed by atoms with E-state index in [0.717, 1.165) is 63.7 Å². The van der Waals surface area contributed by atoms with Gasteiger partial charge in [0.25, 0.3) is 5.91 Å². The van der Waals surface area contributed by atoms with Crippen molar-refractivity contribution < 1.29 is 24.1 Å². The molecule has 1 saturated heterocycles. The molecule has 0 atom stereocenters. The first kappa shape index (κ1) is 20.6. The molecule has 3 aliphatic heterocycles. The van der Waals surface area contributed by atoms with E-state index in [1.165, 1.54) is 38.2 Å². The van der Waals surface area contributed by atoms with E-state index >= 15 is 0 Å². The number of nitrogens with zero attached hydrogens (tertiary/aromatic N) is 1. The summed E-state index contributed by atoms with van der Waals surface area (Å²) in [5.41, 5.74) is 6.34. The van der Waals surface area contributed by atoms with Crippen LogP contribution < -0.4 is 19.3 Å². The van der Waals surface area contributed by atoms with Crippen LogP contribution in [-0.4, -0.2) is 61.9 Å². The number of carbonyl (C=O) groups is 1. The number of aromatic amines is 1. The van der Waals surface area contributed by atoms with Gasteiger partial charge in [-0.1, -0.05) is 11.6 Å². The van der Waals surface area contributed by atoms with Gasteiger partial charge >= 0.3 is 0 Å². The van der Waals surface area contributed by atoms with E-state index in [9.17, 15) is 4.79 Å². The second kappa shape index (κ2) is 8.39. The van der Waals surface area contributed by atoms with Crippen LogP contribution in [-0.2, 0) is 24.3 Å². The van der Waals surface area contributed by atoms with Crippen molar-refractivity contribution in [2.45, 2.75) is 26.4 Å². The lowest BCUT2D eigenvalue weighted by molar-refractivity contribution is -1.02. The van der Waals surface area contributed by atoms with E-state index in [0.29, 0.717) is 13.3 Å².